The topological polar surface area (TPSA) is 76.0 Å². The molecule has 0 aliphatic heterocycles. The number of para-hydroxylation sites is 1. The van der Waals surface area contributed by atoms with Crippen LogP contribution in [0.4, 0.5) is 0 Å². The van der Waals surface area contributed by atoms with Crippen LogP contribution in [0, 0.1) is 0 Å². The van der Waals surface area contributed by atoms with Gasteiger partial charge in [-0.15, -0.1) is 0 Å². The molecule has 2 N–H and O–H groups in total. The van der Waals surface area contributed by atoms with Crippen molar-refractivity contribution >= 4 is 5.97 Å². The molecule has 0 spiro atoms. The number of benzene rings is 2. The molecule has 2 aromatic rings. The second-order valence-electron chi connectivity index (χ2n) is 7.92. The predicted molar refractivity (Wildman–Crippen MR) is 107 cm³/mol. The van der Waals surface area contributed by atoms with E-state index in [1.165, 1.54) is 5.56 Å². The zero-order valence-corrected chi connectivity index (χ0v) is 16.3. The number of hydrogen-bond donors (Lipinski definition) is 2. The Bertz CT molecular complexity index is 779. The van der Waals surface area contributed by atoms with Gasteiger partial charge in [0.2, 0.25) is 0 Å². The molecule has 1 aliphatic rings. The van der Waals surface area contributed by atoms with E-state index in [2.05, 4.69) is 19.1 Å². The van der Waals surface area contributed by atoms with Crippen LogP contribution in [0.1, 0.15) is 44.6 Å². The highest BCUT2D eigenvalue weighted by molar-refractivity contribution is 5.66. The Hall–Kier alpha value is -2.37. The molecular formula is C23H28O5. The normalized spacial score (nSPS) is 24.6. The van der Waals surface area contributed by atoms with Crippen molar-refractivity contribution in [2.45, 2.75) is 50.0 Å². The molecule has 0 radical (unpaired) electrons. The summed E-state index contributed by atoms with van der Waals surface area (Å²) < 4.78 is 11.4. The molecule has 1 saturated carbocycles. The summed E-state index contributed by atoms with van der Waals surface area (Å²) in [5.74, 6) is 0.727. The fourth-order valence-electron chi connectivity index (χ4n) is 3.68. The van der Waals surface area contributed by atoms with Crippen LogP contribution in [0.5, 0.6) is 11.5 Å². The Morgan fingerprint density at radius 3 is 2.36 bits per heavy atom. The largest absolute Gasteiger partial charge is 0.481 e. The van der Waals surface area contributed by atoms with Crippen molar-refractivity contribution in [1.29, 1.82) is 0 Å². The minimum atomic E-state index is -0.888. The third-order valence-corrected chi connectivity index (χ3v) is 5.63. The molecule has 0 aromatic heterocycles. The molecule has 3 rings (SSSR count). The molecule has 0 amide bonds. The summed E-state index contributed by atoms with van der Waals surface area (Å²) in [4.78, 5) is 10.6. The highest BCUT2D eigenvalue weighted by atomic mass is 16.5. The summed E-state index contributed by atoms with van der Waals surface area (Å²) >= 11 is 0. The van der Waals surface area contributed by atoms with Crippen molar-refractivity contribution in [2.24, 2.45) is 0 Å². The van der Waals surface area contributed by atoms with Gasteiger partial charge in [-0.1, -0.05) is 37.3 Å². The molecule has 0 atom stereocenters. The molecule has 28 heavy (non-hydrogen) atoms. The van der Waals surface area contributed by atoms with E-state index in [4.69, 9.17) is 14.6 Å². The molecule has 150 valence electrons. The average molecular weight is 384 g/mol. The quantitative estimate of drug-likeness (QED) is 0.654. The first-order chi connectivity index (χ1) is 13.4. The molecule has 0 unspecified atom stereocenters. The maximum absolute atomic E-state index is 10.8. The minimum absolute atomic E-state index is 0.0383. The zero-order valence-electron chi connectivity index (χ0n) is 16.3. The van der Waals surface area contributed by atoms with Crippen LogP contribution < -0.4 is 4.74 Å². The smallest absolute Gasteiger partial charge is 0.305 e. The lowest BCUT2D eigenvalue weighted by atomic mass is 9.66. The standard InChI is InChI=1S/C23H28O5/c1-22(11-13-23(26,14-12-22)17-27-15-10-21(24)25)18-6-5-9-20(16-18)28-19-7-3-2-4-8-19/h2-9,16,26H,10-15,17H2,1H3,(H,24,25). The summed E-state index contributed by atoms with van der Waals surface area (Å²) in [6.07, 6.45) is 2.88. The van der Waals surface area contributed by atoms with Crippen molar-refractivity contribution in [3.05, 3.63) is 60.2 Å². The monoisotopic (exact) mass is 384 g/mol. The molecule has 0 heterocycles. The fourth-order valence-corrected chi connectivity index (χ4v) is 3.68. The Morgan fingerprint density at radius 2 is 1.68 bits per heavy atom. The van der Waals surface area contributed by atoms with Gasteiger partial charge in [-0.2, -0.15) is 0 Å². The Morgan fingerprint density at radius 1 is 1.00 bits per heavy atom. The van der Waals surface area contributed by atoms with Crippen molar-refractivity contribution in [3.63, 3.8) is 0 Å². The average Bonchev–Trinajstić information content (AvgIpc) is 2.69. The maximum atomic E-state index is 10.8. The maximum Gasteiger partial charge on any atom is 0.305 e. The van der Waals surface area contributed by atoms with E-state index in [0.717, 1.165) is 24.3 Å². The minimum Gasteiger partial charge on any atom is -0.481 e. The van der Waals surface area contributed by atoms with E-state index in [9.17, 15) is 9.90 Å². The lowest BCUT2D eigenvalue weighted by Crippen LogP contribution is -2.43. The number of carboxylic acid groups (broad SMARTS) is 1. The highest BCUT2D eigenvalue weighted by Gasteiger charge is 2.40. The summed E-state index contributed by atoms with van der Waals surface area (Å²) in [6, 6.07) is 17.9. The van der Waals surface area contributed by atoms with Gasteiger partial charge in [-0.25, -0.2) is 0 Å². The number of aliphatic carboxylic acids is 1. The van der Waals surface area contributed by atoms with Crippen molar-refractivity contribution < 1.29 is 24.5 Å². The highest BCUT2D eigenvalue weighted by Crippen LogP contribution is 2.44. The molecule has 2 aromatic carbocycles. The van der Waals surface area contributed by atoms with E-state index >= 15 is 0 Å². The van der Waals surface area contributed by atoms with E-state index in [1.54, 1.807) is 0 Å². The van der Waals surface area contributed by atoms with Gasteiger partial charge in [-0.3, -0.25) is 4.79 Å². The molecule has 1 fully saturated rings. The number of rotatable bonds is 8. The van der Waals surface area contributed by atoms with Crippen LogP contribution in [0.2, 0.25) is 0 Å². The van der Waals surface area contributed by atoms with Gasteiger partial charge in [-0.05, 0) is 60.9 Å². The number of hydrogen-bond acceptors (Lipinski definition) is 4. The number of ether oxygens (including phenoxy) is 2. The van der Waals surface area contributed by atoms with E-state index < -0.39 is 11.6 Å². The molecule has 0 bridgehead atoms. The van der Waals surface area contributed by atoms with Crippen LogP contribution in [-0.2, 0) is 14.9 Å². The van der Waals surface area contributed by atoms with Crippen molar-refractivity contribution in [3.8, 4) is 11.5 Å². The van der Waals surface area contributed by atoms with Gasteiger partial charge in [0.05, 0.1) is 25.2 Å². The van der Waals surface area contributed by atoms with Crippen LogP contribution >= 0.6 is 0 Å². The zero-order chi connectivity index (χ0) is 20.0. The van der Waals surface area contributed by atoms with Crippen LogP contribution in [-0.4, -0.2) is 35.0 Å². The predicted octanol–water partition coefficient (Wildman–Crippen LogP) is 4.53. The first-order valence-electron chi connectivity index (χ1n) is 9.74. The fraction of sp³-hybridized carbons (Fsp3) is 0.435. The van der Waals surface area contributed by atoms with Crippen LogP contribution in [0.3, 0.4) is 0 Å². The molecule has 5 nitrogen and oxygen atoms in total. The van der Waals surface area contributed by atoms with Gasteiger partial charge < -0.3 is 19.7 Å². The van der Waals surface area contributed by atoms with Gasteiger partial charge in [0.1, 0.15) is 11.5 Å². The summed E-state index contributed by atoms with van der Waals surface area (Å²) in [7, 11) is 0. The van der Waals surface area contributed by atoms with E-state index in [-0.39, 0.29) is 25.0 Å². The first-order valence-corrected chi connectivity index (χ1v) is 9.74. The van der Waals surface area contributed by atoms with Crippen LogP contribution in [0.15, 0.2) is 54.6 Å². The van der Waals surface area contributed by atoms with Gasteiger partial charge in [0.25, 0.3) is 0 Å². The van der Waals surface area contributed by atoms with Crippen LogP contribution in [0.25, 0.3) is 0 Å². The third kappa shape index (κ3) is 5.33. The second-order valence-corrected chi connectivity index (χ2v) is 7.92. The molecule has 0 saturated heterocycles. The molecule has 5 heteroatoms. The Labute approximate surface area is 165 Å². The Balaban J connectivity index is 1.60. The van der Waals surface area contributed by atoms with Crippen molar-refractivity contribution in [1.82, 2.24) is 0 Å². The van der Waals surface area contributed by atoms with Gasteiger partial charge >= 0.3 is 5.97 Å². The van der Waals surface area contributed by atoms with Crippen molar-refractivity contribution in [2.75, 3.05) is 13.2 Å². The third-order valence-electron chi connectivity index (χ3n) is 5.63. The SMILES string of the molecule is CC1(c2cccc(Oc3ccccc3)c2)CCC(O)(COCCC(=O)O)CC1. The van der Waals surface area contributed by atoms with E-state index in [1.807, 2.05) is 42.5 Å². The number of carboxylic acids is 1. The number of aliphatic hydroxyl groups is 1. The lowest BCUT2D eigenvalue weighted by molar-refractivity contribution is -0.139. The molecular weight excluding hydrogens is 356 g/mol. The summed E-state index contributed by atoms with van der Waals surface area (Å²) in [5.41, 5.74) is 0.286. The summed E-state index contributed by atoms with van der Waals surface area (Å²) in [5, 5.41) is 19.4. The van der Waals surface area contributed by atoms with Gasteiger partial charge in [0, 0.05) is 0 Å². The molecule has 1 aliphatic carbocycles. The first kappa shape index (κ1) is 20.4. The van der Waals surface area contributed by atoms with E-state index in [0.29, 0.717) is 12.8 Å². The lowest BCUT2D eigenvalue weighted by Gasteiger charge is -2.42. The summed E-state index contributed by atoms with van der Waals surface area (Å²) in [6.45, 7) is 2.54. The second kappa shape index (κ2) is 8.76. The van der Waals surface area contributed by atoms with Gasteiger partial charge in [0.15, 0.2) is 0 Å². The Kier molecular flexibility index (Phi) is 6.37. The number of carbonyl (C=O) groups is 1.